The third-order valence-electron chi connectivity index (χ3n) is 2.81. The Hall–Kier alpha value is -1.07. The highest BCUT2D eigenvalue weighted by Gasteiger charge is 2.36. The van der Waals surface area contributed by atoms with Gasteiger partial charge >= 0.3 is 6.03 Å². The summed E-state index contributed by atoms with van der Waals surface area (Å²) >= 11 is 9.31. The van der Waals surface area contributed by atoms with Gasteiger partial charge in [0.15, 0.2) is 0 Å². The van der Waals surface area contributed by atoms with Gasteiger partial charge in [0.1, 0.15) is 11.9 Å². The number of amidine groups is 1. The Morgan fingerprint density at radius 2 is 2.28 bits per heavy atom. The summed E-state index contributed by atoms with van der Waals surface area (Å²) in [5.41, 5.74) is 0.878. The molecule has 1 fully saturated rings. The van der Waals surface area contributed by atoms with E-state index in [-0.39, 0.29) is 17.9 Å². The number of nitrogens with zero attached hydrogens (tertiary/aromatic N) is 1. The predicted octanol–water partition coefficient (Wildman–Crippen LogP) is 3.56. The third-order valence-corrected chi connectivity index (χ3v) is 4.03. The number of hydrogen-bond acceptors (Lipinski definition) is 2. The molecule has 1 unspecified atom stereocenters. The Bertz CT molecular complexity index is 506. The van der Waals surface area contributed by atoms with Crippen LogP contribution in [0.15, 0.2) is 22.7 Å². The van der Waals surface area contributed by atoms with Crippen LogP contribution >= 0.6 is 27.5 Å². The largest absolute Gasteiger partial charge is 0.323 e. The second-order valence-corrected chi connectivity index (χ2v) is 5.37. The van der Waals surface area contributed by atoms with Gasteiger partial charge in [0.25, 0.3) is 0 Å². The number of halogens is 2. The zero-order chi connectivity index (χ0) is 13.3. The molecule has 0 bridgehead atoms. The fourth-order valence-electron chi connectivity index (χ4n) is 2.03. The van der Waals surface area contributed by atoms with E-state index >= 15 is 0 Å². The summed E-state index contributed by atoms with van der Waals surface area (Å²) in [6, 6.07) is 4.91. The standard InChI is InChI=1S/C12H13BrClN3O/c1-2-5-17-10(11(15)16-12(17)18)7-3-4-9(14)8(13)6-7/h3-4,6,10H,2,5H2,1H3,(H2,15,16,18). The normalized spacial score (nSPS) is 19.3. The summed E-state index contributed by atoms with van der Waals surface area (Å²) < 4.78 is 0.769. The smallest absolute Gasteiger partial charge is 0.310 e. The molecule has 2 rings (SSSR count). The first-order valence-corrected chi connectivity index (χ1v) is 6.82. The highest BCUT2D eigenvalue weighted by molar-refractivity contribution is 9.10. The number of hydrogen-bond donors (Lipinski definition) is 2. The zero-order valence-corrected chi connectivity index (χ0v) is 12.2. The van der Waals surface area contributed by atoms with E-state index in [0.29, 0.717) is 11.6 Å². The van der Waals surface area contributed by atoms with Crippen LogP contribution in [0.4, 0.5) is 4.79 Å². The van der Waals surface area contributed by atoms with E-state index in [1.54, 1.807) is 11.0 Å². The first-order valence-electron chi connectivity index (χ1n) is 5.65. The SMILES string of the molecule is CCCN1C(=O)NC(=N)C1c1ccc(Cl)c(Br)c1. The van der Waals surface area contributed by atoms with Crippen molar-refractivity contribution in [3.63, 3.8) is 0 Å². The summed E-state index contributed by atoms with van der Waals surface area (Å²) in [5.74, 6) is 0.211. The van der Waals surface area contributed by atoms with E-state index in [0.717, 1.165) is 16.5 Å². The monoisotopic (exact) mass is 329 g/mol. The molecule has 6 heteroatoms. The number of benzene rings is 1. The number of rotatable bonds is 3. The molecule has 1 aliphatic heterocycles. The summed E-state index contributed by atoms with van der Waals surface area (Å²) in [6.07, 6.45) is 0.853. The van der Waals surface area contributed by atoms with Gasteiger partial charge in [-0.3, -0.25) is 10.7 Å². The molecule has 18 heavy (non-hydrogen) atoms. The van der Waals surface area contributed by atoms with Crippen molar-refractivity contribution in [1.29, 1.82) is 5.41 Å². The molecule has 4 nitrogen and oxygen atoms in total. The van der Waals surface area contributed by atoms with Gasteiger partial charge < -0.3 is 4.90 Å². The van der Waals surface area contributed by atoms with Crippen molar-refractivity contribution < 1.29 is 4.79 Å². The minimum absolute atomic E-state index is 0.210. The van der Waals surface area contributed by atoms with Crippen LogP contribution in [0, 0.1) is 5.41 Å². The lowest BCUT2D eigenvalue weighted by Crippen LogP contribution is -2.30. The molecule has 2 N–H and O–H groups in total. The Morgan fingerprint density at radius 3 is 2.89 bits per heavy atom. The number of nitrogens with one attached hydrogen (secondary N) is 2. The van der Waals surface area contributed by atoms with E-state index in [2.05, 4.69) is 21.2 Å². The molecule has 1 aromatic rings. The molecule has 0 spiro atoms. The van der Waals surface area contributed by atoms with E-state index < -0.39 is 0 Å². The molecular weight excluding hydrogens is 318 g/mol. The summed E-state index contributed by atoms with van der Waals surface area (Å²) in [6.45, 7) is 2.63. The Kier molecular flexibility index (Phi) is 3.92. The fraction of sp³-hybridized carbons (Fsp3) is 0.333. The van der Waals surface area contributed by atoms with Gasteiger partial charge in [0.2, 0.25) is 0 Å². The topological polar surface area (TPSA) is 56.2 Å². The maximum Gasteiger partial charge on any atom is 0.323 e. The maximum atomic E-state index is 11.7. The molecule has 1 atom stereocenters. The molecule has 96 valence electrons. The van der Waals surface area contributed by atoms with Crippen LogP contribution in [-0.2, 0) is 0 Å². The fourth-order valence-corrected chi connectivity index (χ4v) is 2.54. The first-order chi connectivity index (χ1) is 8.54. The van der Waals surface area contributed by atoms with Crippen molar-refractivity contribution in [3.8, 4) is 0 Å². The van der Waals surface area contributed by atoms with Crippen molar-refractivity contribution in [2.45, 2.75) is 19.4 Å². The first kappa shape index (κ1) is 13.4. The average Bonchev–Trinajstić information content (AvgIpc) is 2.59. The van der Waals surface area contributed by atoms with Crippen molar-refractivity contribution in [2.24, 2.45) is 0 Å². The summed E-state index contributed by atoms with van der Waals surface area (Å²) in [7, 11) is 0. The Morgan fingerprint density at radius 1 is 1.56 bits per heavy atom. The van der Waals surface area contributed by atoms with Crippen LogP contribution in [0.2, 0.25) is 5.02 Å². The number of carbonyl (C=O) groups excluding carboxylic acids is 1. The average molecular weight is 331 g/mol. The van der Waals surface area contributed by atoms with Gasteiger partial charge in [0, 0.05) is 11.0 Å². The molecule has 0 aromatic heterocycles. The summed E-state index contributed by atoms with van der Waals surface area (Å²) in [4.78, 5) is 13.4. The predicted molar refractivity (Wildman–Crippen MR) is 75.1 cm³/mol. The highest BCUT2D eigenvalue weighted by atomic mass is 79.9. The Labute approximate surface area is 119 Å². The lowest BCUT2D eigenvalue weighted by atomic mass is 10.1. The van der Waals surface area contributed by atoms with Crippen LogP contribution in [0.5, 0.6) is 0 Å². The third kappa shape index (κ3) is 2.37. The second-order valence-electron chi connectivity index (χ2n) is 4.11. The quantitative estimate of drug-likeness (QED) is 0.875. The van der Waals surface area contributed by atoms with Crippen molar-refractivity contribution >= 4 is 39.4 Å². The lowest BCUT2D eigenvalue weighted by molar-refractivity contribution is 0.206. The molecule has 1 aromatic carbocycles. The molecule has 0 saturated carbocycles. The van der Waals surface area contributed by atoms with Crippen molar-refractivity contribution in [3.05, 3.63) is 33.3 Å². The van der Waals surface area contributed by atoms with Gasteiger partial charge in [-0.05, 0) is 40.0 Å². The van der Waals surface area contributed by atoms with Gasteiger partial charge in [-0.15, -0.1) is 0 Å². The number of amides is 2. The second kappa shape index (κ2) is 5.28. The van der Waals surface area contributed by atoms with Gasteiger partial charge in [-0.25, -0.2) is 4.79 Å². The van der Waals surface area contributed by atoms with Crippen LogP contribution < -0.4 is 5.32 Å². The van der Waals surface area contributed by atoms with Gasteiger partial charge in [-0.2, -0.15) is 0 Å². The van der Waals surface area contributed by atoms with Gasteiger partial charge in [-0.1, -0.05) is 24.6 Å². The van der Waals surface area contributed by atoms with E-state index in [1.807, 2.05) is 19.1 Å². The number of carbonyl (C=O) groups is 1. The number of urea groups is 1. The highest BCUT2D eigenvalue weighted by Crippen LogP contribution is 2.31. The van der Waals surface area contributed by atoms with Crippen molar-refractivity contribution in [1.82, 2.24) is 10.2 Å². The van der Waals surface area contributed by atoms with Crippen molar-refractivity contribution in [2.75, 3.05) is 6.54 Å². The molecular formula is C12H13BrClN3O. The molecule has 1 saturated heterocycles. The minimum atomic E-state index is -0.342. The van der Waals surface area contributed by atoms with E-state index in [4.69, 9.17) is 17.0 Å². The summed E-state index contributed by atoms with van der Waals surface area (Å²) in [5, 5.41) is 11.1. The van der Waals surface area contributed by atoms with E-state index in [1.165, 1.54) is 0 Å². The molecule has 1 aliphatic rings. The van der Waals surface area contributed by atoms with Crippen LogP contribution in [0.1, 0.15) is 24.9 Å². The Balaban J connectivity index is 2.37. The molecule has 0 aliphatic carbocycles. The van der Waals surface area contributed by atoms with Crippen LogP contribution in [0.25, 0.3) is 0 Å². The molecule has 1 heterocycles. The van der Waals surface area contributed by atoms with Crippen LogP contribution in [-0.4, -0.2) is 23.3 Å². The van der Waals surface area contributed by atoms with Gasteiger partial charge in [0.05, 0.1) is 5.02 Å². The maximum absolute atomic E-state index is 11.7. The lowest BCUT2D eigenvalue weighted by Gasteiger charge is -2.22. The minimum Gasteiger partial charge on any atom is -0.310 e. The van der Waals surface area contributed by atoms with E-state index in [9.17, 15) is 4.79 Å². The zero-order valence-electron chi connectivity index (χ0n) is 9.84. The molecule has 2 amide bonds. The van der Waals surface area contributed by atoms with Crippen LogP contribution in [0.3, 0.4) is 0 Å². The molecule has 0 radical (unpaired) electrons.